The van der Waals surface area contributed by atoms with Crippen molar-refractivity contribution in [3.8, 4) is 10.7 Å². The predicted octanol–water partition coefficient (Wildman–Crippen LogP) is 3.55. The highest BCUT2D eigenvalue weighted by molar-refractivity contribution is 7.91. The SMILES string of the molecule is CC(C)(C)NS(=O)(=O)c1ccc(-c2ncc(CCCO)c(Nc3cc(C4CC4)[nH]n3)n2)s1. The summed E-state index contributed by atoms with van der Waals surface area (Å²) in [7, 11) is -3.63. The summed E-state index contributed by atoms with van der Waals surface area (Å²) in [6.07, 6.45) is 5.27. The quantitative estimate of drug-likeness (QED) is 0.371. The maximum atomic E-state index is 12.6. The maximum Gasteiger partial charge on any atom is 0.250 e. The first-order valence-electron chi connectivity index (χ1n) is 10.6. The number of aryl methyl sites for hydroxylation is 1. The second kappa shape index (κ2) is 8.89. The normalized spacial score (nSPS) is 14.6. The molecule has 0 unspecified atom stereocenters. The van der Waals surface area contributed by atoms with E-state index in [2.05, 4.69) is 30.2 Å². The Hall–Kier alpha value is -2.34. The lowest BCUT2D eigenvalue weighted by Crippen LogP contribution is -2.40. The number of H-pyrrole nitrogens is 1. The molecule has 4 N–H and O–H groups in total. The molecule has 1 aliphatic rings. The Morgan fingerprint density at radius 3 is 2.75 bits per heavy atom. The standard InChI is InChI=1S/C21H28N6O3S2/c1-21(2,3)27-32(29,30)18-9-8-16(31-18)20-22-12-14(5-4-10-28)19(24-20)23-17-11-15(25-26-17)13-6-7-13/h8-9,11-13,27-28H,4-7,10H2,1-3H3,(H2,22,23,24,25,26). The molecule has 1 fully saturated rings. The Bertz CT molecular complexity index is 1190. The molecule has 1 saturated carbocycles. The minimum absolute atomic E-state index is 0.0718. The van der Waals surface area contributed by atoms with Gasteiger partial charge in [-0.1, -0.05) is 0 Å². The molecule has 11 heteroatoms. The van der Waals surface area contributed by atoms with Crippen LogP contribution in [0.4, 0.5) is 11.6 Å². The van der Waals surface area contributed by atoms with Crippen LogP contribution in [0.5, 0.6) is 0 Å². The van der Waals surface area contributed by atoms with Crippen LogP contribution in [0.3, 0.4) is 0 Å². The number of aliphatic hydroxyl groups is 1. The van der Waals surface area contributed by atoms with Crippen LogP contribution in [-0.4, -0.2) is 45.8 Å². The molecule has 0 radical (unpaired) electrons. The number of hydrogen-bond acceptors (Lipinski definition) is 8. The summed E-state index contributed by atoms with van der Waals surface area (Å²) in [6, 6.07) is 5.28. The van der Waals surface area contributed by atoms with E-state index in [4.69, 9.17) is 0 Å². The lowest BCUT2D eigenvalue weighted by Gasteiger charge is -2.19. The number of rotatable bonds is 9. The number of nitrogens with zero attached hydrogens (tertiary/aromatic N) is 3. The topological polar surface area (TPSA) is 133 Å². The van der Waals surface area contributed by atoms with Crippen molar-refractivity contribution in [2.75, 3.05) is 11.9 Å². The third-order valence-corrected chi connectivity index (χ3v) is 8.17. The van der Waals surface area contributed by atoms with Crippen LogP contribution in [0.15, 0.2) is 28.6 Å². The molecule has 0 atom stereocenters. The molecule has 32 heavy (non-hydrogen) atoms. The van der Waals surface area contributed by atoms with Crippen molar-refractivity contribution in [3.63, 3.8) is 0 Å². The van der Waals surface area contributed by atoms with Gasteiger partial charge in [-0.15, -0.1) is 11.3 Å². The molecule has 0 aliphatic heterocycles. The highest BCUT2D eigenvalue weighted by Crippen LogP contribution is 2.40. The van der Waals surface area contributed by atoms with Gasteiger partial charge in [0.1, 0.15) is 10.0 Å². The third kappa shape index (κ3) is 5.52. The van der Waals surface area contributed by atoms with Crippen molar-refractivity contribution >= 4 is 33.0 Å². The minimum Gasteiger partial charge on any atom is -0.396 e. The van der Waals surface area contributed by atoms with Crippen LogP contribution < -0.4 is 10.0 Å². The van der Waals surface area contributed by atoms with E-state index >= 15 is 0 Å². The zero-order valence-electron chi connectivity index (χ0n) is 18.3. The van der Waals surface area contributed by atoms with Crippen LogP contribution in [0.1, 0.15) is 57.2 Å². The van der Waals surface area contributed by atoms with Gasteiger partial charge in [0.05, 0.1) is 4.88 Å². The Kier molecular flexibility index (Phi) is 6.35. The number of sulfonamides is 1. The van der Waals surface area contributed by atoms with Gasteiger partial charge in [0, 0.05) is 41.6 Å². The Labute approximate surface area is 191 Å². The summed E-state index contributed by atoms with van der Waals surface area (Å²) >= 11 is 1.12. The van der Waals surface area contributed by atoms with Gasteiger partial charge in [-0.05, 0) is 58.6 Å². The number of aromatic amines is 1. The summed E-state index contributed by atoms with van der Waals surface area (Å²) in [4.78, 5) is 9.77. The lowest BCUT2D eigenvalue weighted by molar-refractivity contribution is 0.288. The number of hydrogen-bond donors (Lipinski definition) is 4. The molecule has 3 aromatic rings. The number of nitrogens with one attached hydrogen (secondary N) is 3. The highest BCUT2D eigenvalue weighted by Gasteiger charge is 2.26. The van der Waals surface area contributed by atoms with E-state index in [0.29, 0.717) is 41.1 Å². The Balaban J connectivity index is 1.61. The second-order valence-corrected chi connectivity index (χ2v) is 12.0. The van der Waals surface area contributed by atoms with E-state index in [9.17, 15) is 13.5 Å². The first-order chi connectivity index (χ1) is 15.1. The van der Waals surface area contributed by atoms with E-state index in [-0.39, 0.29) is 10.8 Å². The fraction of sp³-hybridized carbons (Fsp3) is 0.476. The zero-order chi connectivity index (χ0) is 22.9. The Morgan fingerprint density at radius 2 is 2.06 bits per heavy atom. The van der Waals surface area contributed by atoms with Gasteiger partial charge in [-0.2, -0.15) is 5.10 Å². The molecule has 0 bridgehead atoms. The van der Waals surface area contributed by atoms with Crippen molar-refractivity contribution < 1.29 is 13.5 Å². The first kappa shape index (κ1) is 22.8. The molecule has 0 aromatic carbocycles. The van der Waals surface area contributed by atoms with Crippen LogP contribution in [0, 0.1) is 0 Å². The average molecular weight is 477 g/mol. The molecule has 3 heterocycles. The van der Waals surface area contributed by atoms with Gasteiger partial charge in [-0.3, -0.25) is 5.10 Å². The second-order valence-electron chi connectivity index (χ2n) is 8.98. The van der Waals surface area contributed by atoms with E-state index in [1.165, 1.54) is 12.8 Å². The monoisotopic (exact) mass is 476 g/mol. The van der Waals surface area contributed by atoms with E-state index in [0.717, 1.165) is 22.6 Å². The van der Waals surface area contributed by atoms with Gasteiger partial charge in [-0.25, -0.2) is 23.1 Å². The van der Waals surface area contributed by atoms with Gasteiger partial charge in [0.25, 0.3) is 10.0 Å². The molecule has 172 valence electrons. The lowest BCUT2D eigenvalue weighted by atomic mass is 10.1. The van der Waals surface area contributed by atoms with Crippen molar-refractivity contribution in [1.82, 2.24) is 24.9 Å². The van der Waals surface area contributed by atoms with E-state index in [1.807, 2.05) is 6.07 Å². The highest BCUT2D eigenvalue weighted by atomic mass is 32.2. The van der Waals surface area contributed by atoms with Crippen LogP contribution in [0.2, 0.25) is 0 Å². The summed E-state index contributed by atoms with van der Waals surface area (Å²) in [5.41, 5.74) is 1.39. The fourth-order valence-corrected chi connectivity index (χ4v) is 5.92. The molecule has 4 rings (SSSR count). The van der Waals surface area contributed by atoms with Crippen LogP contribution in [-0.2, 0) is 16.4 Å². The largest absolute Gasteiger partial charge is 0.396 e. The smallest absolute Gasteiger partial charge is 0.250 e. The van der Waals surface area contributed by atoms with E-state index in [1.54, 1.807) is 39.1 Å². The van der Waals surface area contributed by atoms with Crippen molar-refractivity contribution in [3.05, 3.63) is 35.7 Å². The molecule has 0 amide bonds. The molecule has 1 aliphatic carbocycles. The molecule has 0 saturated heterocycles. The Morgan fingerprint density at radius 1 is 1.28 bits per heavy atom. The van der Waals surface area contributed by atoms with Crippen molar-refractivity contribution in [1.29, 1.82) is 0 Å². The van der Waals surface area contributed by atoms with Gasteiger partial charge < -0.3 is 10.4 Å². The van der Waals surface area contributed by atoms with Gasteiger partial charge in [0.15, 0.2) is 11.6 Å². The molecular weight excluding hydrogens is 448 g/mol. The van der Waals surface area contributed by atoms with Crippen molar-refractivity contribution in [2.45, 2.75) is 62.1 Å². The number of aromatic nitrogens is 4. The van der Waals surface area contributed by atoms with Crippen LogP contribution >= 0.6 is 11.3 Å². The maximum absolute atomic E-state index is 12.6. The van der Waals surface area contributed by atoms with Gasteiger partial charge in [0.2, 0.25) is 0 Å². The van der Waals surface area contributed by atoms with Crippen LogP contribution in [0.25, 0.3) is 10.7 Å². The summed E-state index contributed by atoms with van der Waals surface area (Å²) in [5, 5.41) is 19.9. The fourth-order valence-electron chi connectivity index (χ4n) is 3.25. The van der Waals surface area contributed by atoms with E-state index < -0.39 is 15.6 Å². The summed E-state index contributed by atoms with van der Waals surface area (Å²) < 4.78 is 28.2. The van der Waals surface area contributed by atoms with Crippen molar-refractivity contribution in [2.24, 2.45) is 0 Å². The average Bonchev–Trinajstić information content (AvgIpc) is 3.23. The number of thiophene rings is 1. The zero-order valence-corrected chi connectivity index (χ0v) is 20.0. The molecule has 9 nitrogen and oxygen atoms in total. The first-order valence-corrected chi connectivity index (χ1v) is 12.9. The molecule has 0 spiro atoms. The summed E-state index contributed by atoms with van der Waals surface area (Å²) in [5.74, 6) is 2.26. The minimum atomic E-state index is -3.63. The summed E-state index contributed by atoms with van der Waals surface area (Å²) in [6.45, 7) is 5.47. The number of aliphatic hydroxyl groups excluding tert-OH is 1. The number of anilines is 2. The predicted molar refractivity (Wildman–Crippen MR) is 125 cm³/mol. The third-order valence-electron chi connectivity index (χ3n) is 4.84. The molecule has 3 aromatic heterocycles. The molecular formula is C21H28N6O3S2. The van der Waals surface area contributed by atoms with Gasteiger partial charge >= 0.3 is 0 Å².